The third kappa shape index (κ3) is 4.58. The summed E-state index contributed by atoms with van der Waals surface area (Å²) in [5.74, 6) is 0.257. The summed E-state index contributed by atoms with van der Waals surface area (Å²) in [6.45, 7) is 5.68. The van der Waals surface area contributed by atoms with Crippen molar-refractivity contribution in [2.75, 3.05) is 18.8 Å². The number of thioether (sulfide) groups is 1. The van der Waals surface area contributed by atoms with Gasteiger partial charge in [-0.25, -0.2) is 0 Å². The van der Waals surface area contributed by atoms with E-state index in [1.165, 1.54) is 11.8 Å². The molecular formula is C12H21NO3S. The summed E-state index contributed by atoms with van der Waals surface area (Å²) >= 11 is 1.24. The number of piperidine rings is 1. The normalized spacial score (nSPS) is 19.1. The molecule has 1 aliphatic rings. The molecule has 0 saturated carbocycles. The molecule has 1 fully saturated rings. The van der Waals surface area contributed by atoms with Gasteiger partial charge >= 0.3 is 5.97 Å². The van der Waals surface area contributed by atoms with Gasteiger partial charge in [-0.15, -0.1) is 11.8 Å². The average Bonchev–Trinajstić information content (AvgIpc) is 2.30. The van der Waals surface area contributed by atoms with Crippen LogP contribution in [0.3, 0.4) is 0 Å². The van der Waals surface area contributed by atoms with Crippen LogP contribution in [0.5, 0.6) is 0 Å². The number of hydrogen-bond acceptors (Lipinski definition) is 3. The summed E-state index contributed by atoms with van der Waals surface area (Å²) in [5, 5.41) is 8.43. The van der Waals surface area contributed by atoms with Gasteiger partial charge in [0, 0.05) is 13.1 Å². The lowest BCUT2D eigenvalue weighted by Gasteiger charge is -2.30. The van der Waals surface area contributed by atoms with Gasteiger partial charge in [0.15, 0.2) is 0 Å². The highest BCUT2D eigenvalue weighted by Crippen LogP contribution is 2.19. The number of hydrogen-bond donors (Lipinski definition) is 1. The van der Waals surface area contributed by atoms with Gasteiger partial charge in [0.25, 0.3) is 0 Å². The van der Waals surface area contributed by atoms with Gasteiger partial charge in [-0.2, -0.15) is 0 Å². The molecule has 0 aromatic carbocycles. The molecule has 0 bridgehead atoms. The van der Waals surface area contributed by atoms with Crippen molar-refractivity contribution in [2.24, 2.45) is 5.92 Å². The van der Waals surface area contributed by atoms with Crippen molar-refractivity contribution in [3.05, 3.63) is 0 Å². The molecule has 1 amide bonds. The van der Waals surface area contributed by atoms with Gasteiger partial charge in [-0.3, -0.25) is 9.59 Å². The van der Waals surface area contributed by atoms with E-state index in [1.807, 2.05) is 11.8 Å². The Morgan fingerprint density at radius 2 is 2.00 bits per heavy atom. The minimum atomic E-state index is -0.822. The molecule has 0 aromatic rings. The summed E-state index contributed by atoms with van der Waals surface area (Å²) < 4.78 is 0. The van der Waals surface area contributed by atoms with Gasteiger partial charge in [0.05, 0.1) is 5.75 Å². The SMILES string of the molecule is CCC(SCC(=O)N1CCC(C)CC1)C(=O)O. The van der Waals surface area contributed by atoms with E-state index in [2.05, 4.69) is 6.92 Å². The first-order chi connectivity index (χ1) is 8.04. The lowest BCUT2D eigenvalue weighted by molar-refractivity contribution is -0.136. The first kappa shape index (κ1) is 14.4. The van der Waals surface area contributed by atoms with Gasteiger partial charge < -0.3 is 10.0 Å². The maximum absolute atomic E-state index is 11.9. The third-order valence-corrected chi connectivity index (χ3v) is 4.54. The topological polar surface area (TPSA) is 57.6 Å². The van der Waals surface area contributed by atoms with Gasteiger partial charge in [0.2, 0.25) is 5.91 Å². The highest BCUT2D eigenvalue weighted by molar-refractivity contribution is 8.01. The predicted molar refractivity (Wildman–Crippen MR) is 69.2 cm³/mol. The number of rotatable bonds is 5. The Morgan fingerprint density at radius 1 is 1.41 bits per heavy atom. The Morgan fingerprint density at radius 3 is 2.47 bits per heavy atom. The number of aliphatic carboxylic acids is 1. The first-order valence-corrected chi connectivity index (χ1v) is 7.21. The van der Waals surface area contributed by atoms with E-state index in [1.54, 1.807) is 0 Å². The van der Waals surface area contributed by atoms with Crippen LogP contribution >= 0.6 is 11.8 Å². The van der Waals surface area contributed by atoms with Crippen molar-refractivity contribution in [3.63, 3.8) is 0 Å². The summed E-state index contributed by atoms with van der Waals surface area (Å²) in [6, 6.07) is 0. The Bertz CT molecular complexity index is 275. The highest BCUT2D eigenvalue weighted by atomic mass is 32.2. The molecule has 1 rings (SSSR count). The lowest BCUT2D eigenvalue weighted by Crippen LogP contribution is -2.39. The molecule has 1 unspecified atom stereocenters. The first-order valence-electron chi connectivity index (χ1n) is 6.16. The highest BCUT2D eigenvalue weighted by Gasteiger charge is 2.22. The fourth-order valence-electron chi connectivity index (χ4n) is 1.88. The van der Waals surface area contributed by atoms with Crippen LogP contribution in [0.4, 0.5) is 0 Å². The summed E-state index contributed by atoms with van der Waals surface area (Å²) in [4.78, 5) is 24.5. The van der Waals surface area contributed by atoms with Crippen molar-refractivity contribution >= 4 is 23.6 Å². The molecule has 0 radical (unpaired) electrons. The van der Waals surface area contributed by atoms with Crippen molar-refractivity contribution in [1.82, 2.24) is 4.90 Å². The molecule has 4 nitrogen and oxygen atoms in total. The van der Waals surface area contributed by atoms with E-state index >= 15 is 0 Å². The summed E-state index contributed by atoms with van der Waals surface area (Å²) in [6.07, 6.45) is 2.68. The monoisotopic (exact) mass is 259 g/mol. The second kappa shape index (κ2) is 6.89. The fourth-order valence-corrected chi connectivity index (χ4v) is 2.79. The molecule has 0 aliphatic carbocycles. The molecule has 98 valence electrons. The molecule has 5 heteroatoms. The number of nitrogens with zero attached hydrogens (tertiary/aromatic N) is 1. The maximum Gasteiger partial charge on any atom is 0.316 e. The van der Waals surface area contributed by atoms with E-state index in [0.717, 1.165) is 25.9 Å². The molecule has 1 saturated heterocycles. The second-order valence-corrected chi connectivity index (χ2v) is 5.80. The van der Waals surface area contributed by atoms with Gasteiger partial charge in [-0.05, 0) is 25.2 Å². The molecule has 0 aromatic heterocycles. The van der Waals surface area contributed by atoms with Crippen molar-refractivity contribution in [2.45, 2.75) is 38.4 Å². The largest absolute Gasteiger partial charge is 0.480 e. The van der Waals surface area contributed by atoms with Gasteiger partial charge in [0.1, 0.15) is 5.25 Å². The van der Waals surface area contributed by atoms with Crippen LogP contribution in [0.1, 0.15) is 33.1 Å². The van der Waals surface area contributed by atoms with Crippen molar-refractivity contribution < 1.29 is 14.7 Å². The van der Waals surface area contributed by atoms with E-state index < -0.39 is 11.2 Å². The van der Waals surface area contributed by atoms with Crippen LogP contribution < -0.4 is 0 Å². The number of amides is 1. The zero-order chi connectivity index (χ0) is 12.8. The van der Waals surface area contributed by atoms with E-state index in [9.17, 15) is 9.59 Å². The standard InChI is InChI=1S/C12H21NO3S/c1-3-10(12(15)16)17-8-11(14)13-6-4-9(2)5-7-13/h9-10H,3-8H2,1-2H3,(H,15,16). The molecule has 17 heavy (non-hydrogen) atoms. The van der Waals surface area contributed by atoms with E-state index in [0.29, 0.717) is 18.1 Å². The summed E-state index contributed by atoms with van der Waals surface area (Å²) in [7, 11) is 0. The number of carbonyl (C=O) groups excluding carboxylic acids is 1. The predicted octanol–water partition coefficient (Wildman–Crippen LogP) is 1.84. The minimum absolute atomic E-state index is 0.0848. The molecular weight excluding hydrogens is 238 g/mol. The van der Waals surface area contributed by atoms with Gasteiger partial charge in [-0.1, -0.05) is 13.8 Å². The van der Waals surface area contributed by atoms with Crippen LogP contribution in [0.2, 0.25) is 0 Å². The van der Waals surface area contributed by atoms with Crippen molar-refractivity contribution in [1.29, 1.82) is 0 Å². The zero-order valence-electron chi connectivity index (χ0n) is 10.5. The molecule has 1 aliphatic heterocycles. The van der Waals surface area contributed by atoms with Crippen LogP contribution in [0.25, 0.3) is 0 Å². The lowest BCUT2D eigenvalue weighted by atomic mass is 9.99. The number of carboxylic acid groups (broad SMARTS) is 1. The fraction of sp³-hybridized carbons (Fsp3) is 0.833. The van der Waals surface area contributed by atoms with Crippen LogP contribution in [0.15, 0.2) is 0 Å². The summed E-state index contributed by atoms with van der Waals surface area (Å²) in [5.41, 5.74) is 0. The molecule has 1 N–H and O–H groups in total. The van der Waals surface area contributed by atoms with E-state index in [-0.39, 0.29) is 5.91 Å². The molecule has 0 spiro atoms. The van der Waals surface area contributed by atoms with Crippen LogP contribution in [0, 0.1) is 5.92 Å². The quantitative estimate of drug-likeness (QED) is 0.818. The average molecular weight is 259 g/mol. The molecule has 1 atom stereocenters. The molecule has 1 heterocycles. The third-order valence-electron chi connectivity index (χ3n) is 3.19. The number of likely N-dealkylation sites (tertiary alicyclic amines) is 1. The maximum atomic E-state index is 11.9. The van der Waals surface area contributed by atoms with E-state index in [4.69, 9.17) is 5.11 Å². The van der Waals surface area contributed by atoms with Crippen LogP contribution in [-0.4, -0.2) is 46.0 Å². The zero-order valence-corrected chi connectivity index (χ0v) is 11.3. The van der Waals surface area contributed by atoms with Crippen molar-refractivity contribution in [3.8, 4) is 0 Å². The number of carbonyl (C=O) groups is 2. The Hall–Kier alpha value is -0.710. The number of carboxylic acids is 1. The Labute approximate surface area is 107 Å². The minimum Gasteiger partial charge on any atom is -0.480 e. The second-order valence-electron chi connectivity index (χ2n) is 4.61. The Balaban J connectivity index is 2.31. The smallest absolute Gasteiger partial charge is 0.316 e. The Kier molecular flexibility index (Phi) is 5.82. The van der Waals surface area contributed by atoms with Crippen LogP contribution in [-0.2, 0) is 9.59 Å².